The van der Waals surface area contributed by atoms with Crippen molar-refractivity contribution in [3.05, 3.63) is 69.5 Å². The molecular formula is C21H19N2O3S+. The smallest absolute Gasteiger partial charge is 0.336 e. The lowest BCUT2D eigenvalue weighted by Gasteiger charge is -2.20. The maximum Gasteiger partial charge on any atom is 0.336 e. The number of rotatable bonds is 3. The van der Waals surface area contributed by atoms with E-state index in [-0.39, 0.29) is 11.4 Å². The molecule has 136 valence electrons. The fourth-order valence-corrected chi connectivity index (χ4v) is 5.23. The molecule has 5 rings (SSSR count). The molecule has 4 aromatic rings. The number of thiazole rings is 1. The maximum atomic E-state index is 12.0. The van der Waals surface area contributed by atoms with Gasteiger partial charge in [-0.05, 0) is 24.3 Å². The third-order valence-electron chi connectivity index (χ3n) is 5.32. The molecule has 2 aromatic carbocycles. The van der Waals surface area contributed by atoms with Crippen molar-refractivity contribution in [3.63, 3.8) is 0 Å². The molecule has 2 atom stereocenters. The minimum absolute atomic E-state index is 0.101. The summed E-state index contributed by atoms with van der Waals surface area (Å²) in [7, 11) is 0. The Bertz CT molecular complexity index is 1160. The first-order chi connectivity index (χ1) is 13.2. The second-order valence-corrected chi connectivity index (χ2v) is 8.13. The van der Waals surface area contributed by atoms with Gasteiger partial charge in [-0.2, -0.15) is 0 Å². The summed E-state index contributed by atoms with van der Waals surface area (Å²) in [6.07, 6.45) is 2.26. The van der Waals surface area contributed by atoms with E-state index < -0.39 is 0 Å². The molecular weight excluding hydrogens is 360 g/mol. The van der Waals surface area contributed by atoms with Gasteiger partial charge in [0.2, 0.25) is 0 Å². The summed E-state index contributed by atoms with van der Waals surface area (Å²) in [5, 5.41) is 11.7. The zero-order chi connectivity index (χ0) is 18.4. The molecule has 27 heavy (non-hydrogen) atoms. The van der Waals surface area contributed by atoms with Crippen molar-refractivity contribution in [1.29, 1.82) is 0 Å². The number of nitrogens with one attached hydrogen (secondary N) is 1. The lowest BCUT2D eigenvalue weighted by molar-refractivity contribution is -0.931. The largest absolute Gasteiger partial charge is 0.508 e. The number of quaternary nitrogens is 1. The number of fused-ring (bicyclic) bond motifs is 2. The number of aromatic hydroxyl groups is 1. The third-order valence-corrected chi connectivity index (χ3v) is 6.47. The molecule has 3 heterocycles. The van der Waals surface area contributed by atoms with Crippen LogP contribution in [0.1, 0.15) is 29.5 Å². The van der Waals surface area contributed by atoms with Gasteiger partial charge < -0.3 is 14.4 Å². The topological polar surface area (TPSA) is 67.8 Å². The summed E-state index contributed by atoms with van der Waals surface area (Å²) in [5.74, 6) is 0.101. The molecule has 0 bridgehead atoms. The lowest BCUT2D eigenvalue weighted by atomic mass is 10.1. The Morgan fingerprint density at radius 3 is 3.00 bits per heavy atom. The van der Waals surface area contributed by atoms with Crippen LogP contribution in [0.4, 0.5) is 0 Å². The number of phenols is 1. The average molecular weight is 379 g/mol. The zero-order valence-electron chi connectivity index (χ0n) is 14.6. The van der Waals surface area contributed by atoms with E-state index >= 15 is 0 Å². The highest BCUT2D eigenvalue weighted by atomic mass is 32.1. The Hall–Kier alpha value is -2.70. The molecule has 0 saturated carbocycles. The summed E-state index contributed by atoms with van der Waals surface area (Å²) < 4.78 is 6.49. The van der Waals surface area contributed by atoms with Crippen molar-refractivity contribution in [1.82, 2.24) is 4.98 Å². The van der Waals surface area contributed by atoms with Crippen molar-refractivity contribution in [2.75, 3.05) is 6.54 Å². The predicted octanol–water partition coefficient (Wildman–Crippen LogP) is 3.03. The van der Waals surface area contributed by atoms with Gasteiger partial charge in [0.1, 0.15) is 23.9 Å². The van der Waals surface area contributed by atoms with Gasteiger partial charge in [0.25, 0.3) is 0 Å². The minimum atomic E-state index is -0.377. The lowest BCUT2D eigenvalue weighted by Crippen LogP contribution is -3.08. The van der Waals surface area contributed by atoms with Crippen LogP contribution in [-0.2, 0) is 6.54 Å². The van der Waals surface area contributed by atoms with Gasteiger partial charge >= 0.3 is 5.63 Å². The van der Waals surface area contributed by atoms with Gasteiger partial charge in [0.05, 0.1) is 16.8 Å². The standard InChI is InChI=1S/C21H18N2O3S/c24-14-7-8-15-13(10-20(25)26-18(15)11-14)12-23-9-3-5-17(23)21-22-16-4-1-2-6-19(16)27-21/h1-2,4,6-8,10-11,17,24H,3,5,9,12H2/p+1/t17-/m1/s1. The molecule has 1 aliphatic rings. The van der Waals surface area contributed by atoms with E-state index in [1.807, 2.05) is 18.2 Å². The highest BCUT2D eigenvalue weighted by Gasteiger charge is 2.33. The van der Waals surface area contributed by atoms with Gasteiger partial charge in [0, 0.05) is 35.9 Å². The average Bonchev–Trinajstić information content (AvgIpc) is 3.27. The van der Waals surface area contributed by atoms with Crippen molar-refractivity contribution >= 4 is 32.5 Å². The number of para-hydroxylation sites is 1. The van der Waals surface area contributed by atoms with Crippen LogP contribution >= 0.6 is 11.3 Å². The molecule has 0 aliphatic carbocycles. The fourth-order valence-electron chi connectivity index (χ4n) is 4.07. The number of phenolic OH excluding ortho intramolecular Hbond substituents is 1. The highest BCUT2D eigenvalue weighted by molar-refractivity contribution is 7.18. The summed E-state index contributed by atoms with van der Waals surface area (Å²) in [4.78, 5) is 18.3. The molecule has 5 nitrogen and oxygen atoms in total. The zero-order valence-corrected chi connectivity index (χ0v) is 15.5. The van der Waals surface area contributed by atoms with Crippen molar-refractivity contribution in [2.45, 2.75) is 25.4 Å². The predicted molar refractivity (Wildman–Crippen MR) is 105 cm³/mol. The second kappa shape index (κ2) is 6.48. The first-order valence-corrected chi connectivity index (χ1v) is 9.95. The Kier molecular flexibility index (Phi) is 3.95. The van der Waals surface area contributed by atoms with Crippen LogP contribution in [-0.4, -0.2) is 16.6 Å². The van der Waals surface area contributed by atoms with Crippen LogP contribution in [0.15, 0.2) is 57.7 Å². The van der Waals surface area contributed by atoms with Gasteiger partial charge in [-0.3, -0.25) is 0 Å². The molecule has 0 radical (unpaired) electrons. The fraction of sp³-hybridized carbons (Fsp3) is 0.238. The first kappa shape index (κ1) is 16.5. The molecule has 6 heteroatoms. The number of aromatic nitrogens is 1. The molecule has 0 amide bonds. The summed E-state index contributed by atoms with van der Waals surface area (Å²) in [6, 6.07) is 15.2. The Labute approximate surface area is 159 Å². The highest BCUT2D eigenvalue weighted by Crippen LogP contribution is 2.29. The molecule has 0 spiro atoms. The third kappa shape index (κ3) is 3.01. The summed E-state index contributed by atoms with van der Waals surface area (Å²) >= 11 is 1.77. The van der Waals surface area contributed by atoms with E-state index in [2.05, 4.69) is 12.1 Å². The first-order valence-electron chi connectivity index (χ1n) is 9.13. The van der Waals surface area contributed by atoms with Crippen LogP contribution in [0.25, 0.3) is 21.2 Å². The van der Waals surface area contributed by atoms with Crippen LogP contribution < -0.4 is 10.5 Å². The molecule has 1 fully saturated rings. The monoisotopic (exact) mass is 379 g/mol. The molecule has 1 unspecified atom stereocenters. The number of hydrogen-bond acceptors (Lipinski definition) is 5. The van der Waals surface area contributed by atoms with Crippen LogP contribution in [0.2, 0.25) is 0 Å². The molecule has 2 aromatic heterocycles. The second-order valence-electron chi connectivity index (χ2n) is 7.07. The van der Waals surface area contributed by atoms with E-state index in [9.17, 15) is 9.90 Å². The van der Waals surface area contributed by atoms with Crippen molar-refractivity contribution < 1.29 is 14.4 Å². The number of nitrogens with zero attached hydrogens (tertiary/aromatic N) is 1. The number of benzene rings is 2. The van der Waals surface area contributed by atoms with Crippen molar-refractivity contribution in [2.24, 2.45) is 0 Å². The van der Waals surface area contributed by atoms with Crippen LogP contribution in [0.5, 0.6) is 5.75 Å². The van der Waals surface area contributed by atoms with E-state index in [4.69, 9.17) is 9.40 Å². The van der Waals surface area contributed by atoms with E-state index in [0.29, 0.717) is 11.6 Å². The molecule has 1 saturated heterocycles. The summed E-state index contributed by atoms with van der Waals surface area (Å²) in [6.45, 7) is 1.80. The van der Waals surface area contributed by atoms with Crippen molar-refractivity contribution in [3.8, 4) is 5.75 Å². The number of likely N-dealkylation sites (tertiary alicyclic amines) is 1. The summed E-state index contributed by atoms with van der Waals surface area (Å²) in [5.41, 5.74) is 2.08. The normalized spacial score (nSPS) is 19.9. The molecule has 1 aliphatic heterocycles. The Morgan fingerprint density at radius 1 is 1.22 bits per heavy atom. The van der Waals surface area contributed by atoms with Crippen LogP contribution in [0.3, 0.4) is 0 Å². The Balaban J connectivity index is 1.51. The van der Waals surface area contributed by atoms with Gasteiger partial charge in [-0.25, -0.2) is 9.78 Å². The van der Waals surface area contributed by atoms with E-state index in [1.165, 1.54) is 20.7 Å². The molecule has 2 N–H and O–H groups in total. The van der Waals surface area contributed by atoms with Gasteiger partial charge in [-0.15, -0.1) is 11.3 Å². The van der Waals surface area contributed by atoms with E-state index in [0.717, 1.165) is 42.4 Å². The van der Waals surface area contributed by atoms with Gasteiger partial charge in [-0.1, -0.05) is 12.1 Å². The van der Waals surface area contributed by atoms with Gasteiger partial charge in [0.15, 0.2) is 5.01 Å². The number of hydrogen-bond donors (Lipinski definition) is 2. The minimum Gasteiger partial charge on any atom is -0.508 e. The van der Waals surface area contributed by atoms with Crippen LogP contribution in [0, 0.1) is 0 Å². The Morgan fingerprint density at radius 2 is 2.11 bits per heavy atom. The quantitative estimate of drug-likeness (QED) is 0.537. The SMILES string of the molecule is O=c1cc(C[NH+]2CCC[C@@H]2c2nc3ccccc3s2)c2ccc(O)cc2o1. The van der Waals surface area contributed by atoms with E-state index in [1.54, 1.807) is 23.5 Å². The maximum absolute atomic E-state index is 12.0.